The molecule has 1 aliphatic carbocycles. The number of thioether (sulfide) groups is 1. The van der Waals surface area contributed by atoms with Crippen LogP contribution in [0.3, 0.4) is 0 Å². The lowest BCUT2D eigenvalue weighted by atomic mass is 9.99. The Bertz CT molecular complexity index is 200. The van der Waals surface area contributed by atoms with Gasteiger partial charge in [0, 0.05) is 6.54 Å². The summed E-state index contributed by atoms with van der Waals surface area (Å²) in [6, 6.07) is 0. The van der Waals surface area contributed by atoms with Crippen LogP contribution in [0.4, 0.5) is 0 Å². The second-order valence-corrected chi connectivity index (χ2v) is 6.98. The van der Waals surface area contributed by atoms with Crippen LogP contribution < -0.4 is 5.32 Å². The second-order valence-electron chi connectivity index (χ2n) is 5.75. The van der Waals surface area contributed by atoms with E-state index in [9.17, 15) is 5.11 Å². The largest absolute Gasteiger partial charge is 0.392 e. The average Bonchev–Trinajstić information content (AvgIpc) is 2.83. The number of aliphatic hydroxyl groups excluding tert-OH is 1. The molecule has 1 saturated carbocycles. The predicted octanol–water partition coefficient (Wildman–Crippen LogP) is 2.66. The summed E-state index contributed by atoms with van der Waals surface area (Å²) in [5.41, 5.74) is 0. The zero-order valence-electron chi connectivity index (χ0n) is 10.9. The van der Waals surface area contributed by atoms with Crippen molar-refractivity contribution in [2.45, 2.75) is 51.0 Å². The first-order valence-electron chi connectivity index (χ1n) is 7.31. The highest BCUT2D eigenvalue weighted by molar-refractivity contribution is 7.99. The van der Waals surface area contributed by atoms with Crippen LogP contribution >= 0.6 is 11.8 Å². The van der Waals surface area contributed by atoms with Crippen molar-refractivity contribution in [3.05, 3.63) is 0 Å². The molecule has 2 N–H and O–H groups in total. The van der Waals surface area contributed by atoms with Gasteiger partial charge in [-0.1, -0.05) is 25.7 Å². The maximum absolute atomic E-state index is 9.97. The molecule has 0 spiro atoms. The molecule has 2 rings (SSSR count). The fourth-order valence-electron chi connectivity index (χ4n) is 3.12. The maximum atomic E-state index is 9.97. The molecular weight excluding hydrogens is 230 g/mol. The van der Waals surface area contributed by atoms with Crippen LogP contribution in [-0.2, 0) is 0 Å². The predicted molar refractivity (Wildman–Crippen MR) is 75.5 cm³/mol. The molecule has 2 fully saturated rings. The van der Waals surface area contributed by atoms with Gasteiger partial charge in [-0.25, -0.2) is 0 Å². The van der Waals surface area contributed by atoms with Crippen molar-refractivity contribution in [1.29, 1.82) is 0 Å². The summed E-state index contributed by atoms with van der Waals surface area (Å²) in [6.07, 6.45) is 9.07. The van der Waals surface area contributed by atoms with Crippen LogP contribution in [0.15, 0.2) is 0 Å². The lowest BCUT2D eigenvalue weighted by molar-refractivity contribution is 0.139. The van der Waals surface area contributed by atoms with Gasteiger partial charge in [0.2, 0.25) is 0 Å². The van der Waals surface area contributed by atoms with Gasteiger partial charge in [0.15, 0.2) is 0 Å². The van der Waals surface area contributed by atoms with Crippen molar-refractivity contribution in [2.75, 3.05) is 24.6 Å². The lowest BCUT2D eigenvalue weighted by Gasteiger charge is -2.23. The summed E-state index contributed by atoms with van der Waals surface area (Å²) >= 11 is 2.08. The standard InChI is InChI=1S/C14H27NOS/c16-14(9-12-3-1-2-4-12)11-15-10-13-5-7-17-8-6-13/h12-16H,1-11H2. The van der Waals surface area contributed by atoms with Crippen molar-refractivity contribution >= 4 is 11.8 Å². The number of rotatable bonds is 6. The molecule has 0 aromatic rings. The first-order valence-corrected chi connectivity index (χ1v) is 8.46. The first kappa shape index (κ1) is 13.7. The summed E-state index contributed by atoms with van der Waals surface area (Å²) in [7, 11) is 0. The second kappa shape index (κ2) is 7.65. The molecule has 3 heteroatoms. The fraction of sp³-hybridized carbons (Fsp3) is 1.00. The minimum atomic E-state index is -0.115. The van der Waals surface area contributed by atoms with Gasteiger partial charge >= 0.3 is 0 Å². The highest BCUT2D eigenvalue weighted by Crippen LogP contribution is 2.28. The van der Waals surface area contributed by atoms with Crippen LogP contribution in [0.5, 0.6) is 0 Å². The summed E-state index contributed by atoms with van der Waals surface area (Å²) in [5, 5.41) is 13.4. The number of aliphatic hydroxyl groups is 1. The molecular formula is C14H27NOS. The Hall–Kier alpha value is 0.270. The molecule has 1 saturated heterocycles. The number of hydrogen-bond acceptors (Lipinski definition) is 3. The Labute approximate surface area is 110 Å². The van der Waals surface area contributed by atoms with Crippen LogP contribution in [0, 0.1) is 11.8 Å². The summed E-state index contributed by atoms with van der Waals surface area (Å²) in [4.78, 5) is 0. The van der Waals surface area contributed by atoms with E-state index in [1.54, 1.807) is 0 Å². The van der Waals surface area contributed by atoms with Gasteiger partial charge in [-0.15, -0.1) is 0 Å². The van der Waals surface area contributed by atoms with Crippen molar-refractivity contribution in [2.24, 2.45) is 11.8 Å². The van der Waals surface area contributed by atoms with Crippen LogP contribution in [0.2, 0.25) is 0 Å². The molecule has 0 bridgehead atoms. The average molecular weight is 257 g/mol. The molecule has 100 valence electrons. The third kappa shape index (κ3) is 5.19. The summed E-state index contributed by atoms with van der Waals surface area (Å²) < 4.78 is 0. The zero-order valence-corrected chi connectivity index (χ0v) is 11.7. The van der Waals surface area contributed by atoms with Crippen LogP contribution in [-0.4, -0.2) is 35.8 Å². The van der Waals surface area contributed by atoms with Crippen molar-refractivity contribution < 1.29 is 5.11 Å². The molecule has 0 amide bonds. The van der Waals surface area contributed by atoms with E-state index in [1.807, 2.05) is 0 Å². The molecule has 2 nitrogen and oxygen atoms in total. The zero-order chi connectivity index (χ0) is 11.9. The quantitative estimate of drug-likeness (QED) is 0.767. The molecule has 17 heavy (non-hydrogen) atoms. The molecule has 1 heterocycles. The van der Waals surface area contributed by atoms with Gasteiger partial charge in [-0.2, -0.15) is 11.8 Å². The smallest absolute Gasteiger partial charge is 0.0667 e. The third-order valence-corrected chi connectivity index (χ3v) is 5.28. The molecule has 0 radical (unpaired) electrons. The SMILES string of the molecule is OC(CNCC1CCSCC1)CC1CCCC1. The Balaban J connectivity index is 1.51. The van der Waals surface area contributed by atoms with Crippen LogP contribution in [0.1, 0.15) is 44.9 Å². The van der Waals surface area contributed by atoms with Crippen LogP contribution in [0.25, 0.3) is 0 Å². The Kier molecular flexibility index (Phi) is 6.16. The number of nitrogens with one attached hydrogen (secondary N) is 1. The summed E-state index contributed by atoms with van der Waals surface area (Å²) in [5.74, 6) is 4.32. The normalized spacial score (nSPS) is 25.2. The number of hydrogen-bond donors (Lipinski definition) is 2. The lowest BCUT2D eigenvalue weighted by Crippen LogP contribution is -2.33. The Morgan fingerprint density at radius 1 is 1.06 bits per heavy atom. The van der Waals surface area contributed by atoms with Crippen molar-refractivity contribution in [3.8, 4) is 0 Å². The van der Waals surface area contributed by atoms with E-state index in [0.717, 1.165) is 31.3 Å². The molecule has 1 aliphatic heterocycles. The highest BCUT2D eigenvalue weighted by Gasteiger charge is 2.19. The highest BCUT2D eigenvalue weighted by atomic mass is 32.2. The van der Waals surface area contributed by atoms with E-state index in [2.05, 4.69) is 17.1 Å². The minimum Gasteiger partial charge on any atom is -0.392 e. The van der Waals surface area contributed by atoms with E-state index in [4.69, 9.17) is 0 Å². The van der Waals surface area contributed by atoms with Gasteiger partial charge in [0.1, 0.15) is 0 Å². The Morgan fingerprint density at radius 3 is 2.47 bits per heavy atom. The molecule has 1 unspecified atom stereocenters. The van der Waals surface area contributed by atoms with Gasteiger partial charge in [0.05, 0.1) is 6.10 Å². The molecule has 0 aromatic heterocycles. The topological polar surface area (TPSA) is 32.3 Å². The first-order chi connectivity index (χ1) is 8.34. The van der Waals surface area contributed by atoms with Crippen molar-refractivity contribution in [1.82, 2.24) is 5.32 Å². The molecule has 0 aromatic carbocycles. The van der Waals surface area contributed by atoms with E-state index in [0.29, 0.717) is 0 Å². The van der Waals surface area contributed by atoms with E-state index in [1.165, 1.54) is 50.0 Å². The van der Waals surface area contributed by atoms with Gasteiger partial charge < -0.3 is 10.4 Å². The summed E-state index contributed by atoms with van der Waals surface area (Å²) in [6.45, 7) is 1.92. The third-order valence-electron chi connectivity index (χ3n) is 4.23. The van der Waals surface area contributed by atoms with E-state index >= 15 is 0 Å². The van der Waals surface area contributed by atoms with Gasteiger partial charge in [0.25, 0.3) is 0 Å². The van der Waals surface area contributed by atoms with E-state index in [-0.39, 0.29) is 6.10 Å². The van der Waals surface area contributed by atoms with Gasteiger partial charge in [-0.05, 0) is 49.1 Å². The maximum Gasteiger partial charge on any atom is 0.0667 e. The Morgan fingerprint density at radius 2 is 1.76 bits per heavy atom. The van der Waals surface area contributed by atoms with E-state index < -0.39 is 0 Å². The molecule has 2 aliphatic rings. The van der Waals surface area contributed by atoms with Gasteiger partial charge in [-0.3, -0.25) is 0 Å². The molecule has 1 atom stereocenters. The monoisotopic (exact) mass is 257 g/mol. The van der Waals surface area contributed by atoms with Crippen molar-refractivity contribution in [3.63, 3.8) is 0 Å². The fourth-order valence-corrected chi connectivity index (χ4v) is 4.32. The minimum absolute atomic E-state index is 0.115.